The molecule has 1 unspecified atom stereocenters. The first-order chi connectivity index (χ1) is 30.2. The van der Waals surface area contributed by atoms with E-state index >= 15 is 0 Å². The second-order valence-electron chi connectivity index (χ2n) is 12.8. The quantitative estimate of drug-likeness (QED) is 0.0567. The predicted octanol–water partition coefficient (Wildman–Crippen LogP) is 5.03. The van der Waals surface area contributed by atoms with Gasteiger partial charge in [0.2, 0.25) is 6.04 Å². The molecule has 0 aromatic heterocycles. The number of anilines is 1. The van der Waals surface area contributed by atoms with Crippen LogP contribution in [0.3, 0.4) is 0 Å². The summed E-state index contributed by atoms with van der Waals surface area (Å²) in [7, 11) is -17.6. The van der Waals surface area contributed by atoms with Gasteiger partial charge in [-0.05, 0) is 60.0 Å². The van der Waals surface area contributed by atoms with Crippen LogP contribution in [-0.4, -0.2) is 105 Å². The normalized spacial score (nSPS) is 15.1. The zero-order valence-electron chi connectivity index (χ0n) is 32.2. The number of ether oxygens (including phenoxy) is 2. The van der Waals surface area contributed by atoms with Gasteiger partial charge in [-0.25, -0.2) is 4.79 Å². The first-order valence-electron chi connectivity index (χ1n) is 17.1. The molecule has 65 heavy (non-hydrogen) atoms. The number of aromatic hydroxyl groups is 2. The monoisotopic (exact) mass is 978 g/mol. The van der Waals surface area contributed by atoms with Crippen LogP contribution in [0.5, 0.6) is 23.0 Å². The fourth-order valence-electron chi connectivity index (χ4n) is 5.75. The van der Waals surface area contributed by atoms with Gasteiger partial charge in [0, 0.05) is 18.2 Å². The van der Waals surface area contributed by atoms with Crippen LogP contribution in [-0.2, 0) is 50.1 Å². The lowest BCUT2D eigenvalue weighted by Gasteiger charge is -2.12. The minimum atomic E-state index is -5.25. The van der Waals surface area contributed by atoms with Gasteiger partial charge in [-0.15, -0.1) is 20.5 Å². The van der Waals surface area contributed by atoms with Crippen molar-refractivity contribution in [3.63, 3.8) is 0 Å². The fourth-order valence-corrected chi connectivity index (χ4v) is 8.06. The molecule has 0 saturated heterocycles. The Morgan fingerprint density at radius 2 is 1.20 bits per heavy atom. The summed E-state index contributed by atoms with van der Waals surface area (Å²) in [6, 6.07) is 8.98. The van der Waals surface area contributed by atoms with E-state index in [0.29, 0.717) is 23.2 Å². The number of aliphatic carboxylic acids is 1. The number of hydrogen-bond donors (Lipinski definition) is 7. The standard InChI is InChI=1S/C34H26N8O19S4/c1-60-24-14-22(38-39-29-27(65(57,58)59)10-15-9-19(63(51,52)53)12-23(43)28(15)32(29)44)25(61-2)13-21(24)37-36-20-8-3-16(11-26(20)64(54,55)56)35-40-30-31(34(46)47)41-42(33(30)45)17-4-6-18(7-5-17)62(48,49)50/h3-14,30,43-44H,1-2H3,(H,46,47)(H,48,49,50)(H,51,52,53)(H,54,55,56)(H,57,58,59)/b37-36+,39-38+,40-35+. The van der Waals surface area contributed by atoms with Crippen LogP contribution in [0.15, 0.2) is 128 Å². The van der Waals surface area contributed by atoms with E-state index in [1.807, 2.05) is 0 Å². The van der Waals surface area contributed by atoms with E-state index in [0.717, 1.165) is 68.8 Å². The summed E-state index contributed by atoms with van der Waals surface area (Å²) in [5.74, 6) is -5.20. The van der Waals surface area contributed by atoms with Crippen LogP contribution in [0.25, 0.3) is 10.8 Å². The SMILES string of the molecule is COc1cc(/N=N/c2c(S(=O)(=O)O)cc3cc(S(=O)(=O)O)cc(O)c3c2O)c(OC)cc1/N=N/c1ccc(/N=N/C2C(=O)N(c3ccc(S(=O)(=O)O)cc3)N=C2C(=O)O)cc1S(=O)(=O)O. The third-order valence-corrected chi connectivity index (χ3v) is 12.1. The Labute approximate surface area is 364 Å². The Kier molecular flexibility index (Phi) is 12.5. The summed E-state index contributed by atoms with van der Waals surface area (Å²) in [5, 5.41) is 57.2. The predicted molar refractivity (Wildman–Crippen MR) is 218 cm³/mol. The molecule has 5 aromatic rings. The zero-order chi connectivity index (χ0) is 48.0. The van der Waals surface area contributed by atoms with Gasteiger partial charge in [-0.2, -0.15) is 54.0 Å². The van der Waals surface area contributed by atoms with E-state index < -0.39 is 117 Å². The molecular formula is C34H26N8O19S4. The van der Waals surface area contributed by atoms with E-state index in [-0.39, 0.29) is 34.2 Å². The summed E-state index contributed by atoms with van der Waals surface area (Å²) in [5.41, 5.74) is -3.22. The highest BCUT2D eigenvalue weighted by atomic mass is 32.2. The number of azo groups is 3. The average Bonchev–Trinajstić information content (AvgIpc) is 3.55. The van der Waals surface area contributed by atoms with Gasteiger partial charge in [0.1, 0.15) is 49.8 Å². The molecule has 1 atom stereocenters. The number of carbonyl (C=O) groups excluding carboxylic acids is 1. The van der Waals surface area contributed by atoms with Crippen molar-refractivity contribution < 1.29 is 86.3 Å². The number of carbonyl (C=O) groups is 2. The number of hydrogen-bond acceptors (Lipinski definition) is 21. The van der Waals surface area contributed by atoms with Crippen LogP contribution in [0.2, 0.25) is 0 Å². The number of fused-ring (bicyclic) bond motifs is 1. The van der Waals surface area contributed by atoms with E-state index in [9.17, 15) is 76.8 Å². The number of phenolic OH excluding ortho intramolecular Hbond substituents is 2. The number of carboxylic acid groups (broad SMARTS) is 1. The number of phenols is 2. The van der Waals surface area contributed by atoms with Crippen molar-refractivity contribution in [2.75, 3.05) is 19.2 Å². The Hall–Kier alpha value is -7.39. The van der Waals surface area contributed by atoms with Crippen molar-refractivity contribution in [1.82, 2.24) is 0 Å². The van der Waals surface area contributed by atoms with Crippen molar-refractivity contribution in [2.45, 2.75) is 25.6 Å². The first kappa shape index (κ1) is 47.1. The summed E-state index contributed by atoms with van der Waals surface area (Å²) in [6.45, 7) is 0. The smallest absolute Gasteiger partial charge is 0.355 e. The molecule has 1 aliphatic heterocycles. The number of benzene rings is 5. The number of methoxy groups -OCH3 is 2. The molecular weight excluding hydrogens is 953 g/mol. The summed E-state index contributed by atoms with van der Waals surface area (Å²) in [4.78, 5) is 21.7. The van der Waals surface area contributed by atoms with Crippen molar-refractivity contribution in [1.29, 1.82) is 0 Å². The molecule has 5 aromatic carbocycles. The Balaban J connectivity index is 1.32. The Bertz CT molecular complexity index is 3430. The molecule has 0 bridgehead atoms. The average molecular weight is 979 g/mol. The lowest BCUT2D eigenvalue weighted by molar-refractivity contribution is -0.130. The lowest BCUT2D eigenvalue weighted by atomic mass is 10.1. The van der Waals surface area contributed by atoms with E-state index in [4.69, 9.17) is 9.47 Å². The van der Waals surface area contributed by atoms with Gasteiger partial charge in [0.25, 0.3) is 46.4 Å². The molecule has 0 radical (unpaired) electrons. The molecule has 0 fully saturated rings. The zero-order valence-corrected chi connectivity index (χ0v) is 35.5. The van der Waals surface area contributed by atoms with Gasteiger partial charge in [0.15, 0.2) is 11.5 Å². The highest BCUT2D eigenvalue weighted by Gasteiger charge is 2.41. The second-order valence-corrected chi connectivity index (χ2v) is 18.4. The third-order valence-electron chi connectivity index (χ3n) is 8.70. The molecule has 6 rings (SSSR count). The van der Waals surface area contributed by atoms with Crippen LogP contribution >= 0.6 is 0 Å². The van der Waals surface area contributed by atoms with Gasteiger partial charge >= 0.3 is 5.97 Å². The maximum Gasteiger partial charge on any atom is 0.355 e. The molecule has 0 aliphatic carbocycles. The van der Waals surface area contributed by atoms with E-state index in [1.54, 1.807) is 0 Å². The highest BCUT2D eigenvalue weighted by Crippen LogP contribution is 2.47. The van der Waals surface area contributed by atoms with Crippen LogP contribution in [0.1, 0.15) is 0 Å². The number of nitrogens with zero attached hydrogens (tertiary/aromatic N) is 8. The molecule has 0 spiro atoms. The third kappa shape index (κ3) is 9.90. The summed E-state index contributed by atoms with van der Waals surface area (Å²) < 4.78 is 145. The van der Waals surface area contributed by atoms with Gasteiger partial charge in [-0.1, -0.05) is 0 Å². The van der Waals surface area contributed by atoms with Crippen molar-refractivity contribution >= 4 is 103 Å². The van der Waals surface area contributed by atoms with Crippen molar-refractivity contribution in [3.8, 4) is 23.0 Å². The van der Waals surface area contributed by atoms with Gasteiger partial charge in [0.05, 0.1) is 40.8 Å². The van der Waals surface area contributed by atoms with E-state index in [1.165, 1.54) is 0 Å². The lowest BCUT2D eigenvalue weighted by Crippen LogP contribution is -2.33. The van der Waals surface area contributed by atoms with Crippen molar-refractivity contribution in [3.05, 3.63) is 72.8 Å². The molecule has 31 heteroatoms. The second kappa shape index (κ2) is 17.3. The van der Waals surface area contributed by atoms with E-state index in [2.05, 4.69) is 35.8 Å². The van der Waals surface area contributed by atoms with Crippen LogP contribution in [0.4, 0.5) is 34.1 Å². The Morgan fingerprint density at radius 3 is 1.72 bits per heavy atom. The number of carboxylic acids is 1. The number of rotatable bonds is 14. The minimum Gasteiger partial charge on any atom is -0.507 e. The summed E-state index contributed by atoms with van der Waals surface area (Å²) in [6.07, 6.45) is 0. The number of amides is 1. The molecule has 7 N–H and O–H groups in total. The first-order valence-corrected chi connectivity index (χ1v) is 22.8. The fraction of sp³-hybridized carbons (Fsp3) is 0.0882. The molecule has 1 amide bonds. The molecule has 340 valence electrons. The molecule has 27 nitrogen and oxygen atoms in total. The Morgan fingerprint density at radius 1 is 0.646 bits per heavy atom. The summed E-state index contributed by atoms with van der Waals surface area (Å²) >= 11 is 0. The largest absolute Gasteiger partial charge is 0.507 e. The topological polar surface area (TPSA) is 421 Å². The molecule has 1 aliphatic rings. The highest BCUT2D eigenvalue weighted by molar-refractivity contribution is 7.86. The van der Waals surface area contributed by atoms with Crippen LogP contribution < -0.4 is 14.5 Å². The maximum atomic E-state index is 13.2. The van der Waals surface area contributed by atoms with Crippen molar-refractivity contribution in [2.24, 2.45) is 35.8 Å². The minimum absolute atomic E-state index is 0.115. The van der Waals surface area contributed by atoms with Crippen LogP contribution in [0, 0.1) is 0 Å². The number of hydrazone groups is 1. The molecule has 0 saturated carbocycles. The molecule has 1 heterocycles. The van der Waals surface area contributed by atoms with Gasteiger partial charge in [-0.3, -0.25) is 23.0 Å². The van der Waals surface area contributed by atoms with Gasteiger partial charge < -0.3 is 24.8 Å². The maximum absolute atomic E-state index is 13.2.